The Hall–Kier alpha value is -2.42. The summed E-state index contributed by atoms with van der Waals surface area (Å²) in [5, 5.41) is 0. The third-order valence-corrected chi connectivity index (χ3v) is 3.48. The number of carbonyl (C=O) groups excluding carboxylic acids is 1. The fraction of sp³-hybridized carbons (Fsp3) is 0.167. The second-order valence-corrected chi connectivity index (χ2v) is 5.20. The average molecular weight is 282 g/mol. The van der Waals surface area contributed by atoms with E-state index in [1.54, 1.807) is 24.3 Å². The van der Waals surface area contributed by atoms with Crippen molar-refractivity contribution in [2.45, 2.75) is 19.4 Å². The van der Waals surface area contributed by atoms with Gasteiger partial charge in [-0.05, 0) is 54.5 Å². The molecule has 0 saturated heterocycles. The molecule has 21 heavy (non-hydrogen) atoms. The molecule has 2 aromatic carbocycles. The highest BCUT2D eigenvalue weighted by Crippen LogP contribution is 2.29. The van der Waals surface area contributed by atoms with E-state index in [-0.39, 0.29) is 17.7 Å². The molecule has 0 N–H and O–H groups in total. The van der Waals surface area contributed by atoms with Crippen molar-refractivity contribution in [2.24, 2.45) is 0 Å². The summed E-state index contributed by atoms with van der Waals surface area (Å²) in [6, 6.07) is 11.5. The summed E-state index contributed by atoms with van der Waals surface area (Å²) in [5.74, 6) is 0.509. The molecule has 2 aromatic rings. The van der Waals surface area contributed by atoms with Crippen molar-refractivity contribution in [1.82, 2.24) is 0 Å². The SMILES string of the molecule is C[C@H]1Cc2cc(C(=O)/C=C\c3ccc(F)cc3)ccc2O1. The van der Waals surface area contributed by atoms with Gasteiger partial charge in [0.25, 0.3) is 0 Å². The molecule has 0 radical (unpaired) electrons. The van der Waals surface area contributed by atoms with Crippen LogP contribution in [0.25, 0.3) is 6.08 Å². The minimum atomic E-state index is -0.286. The lowest BCUT2D eigenvalue weighted by molar-refractivity contribution is 0.104. The number of hydrogen-bond acceptors (Lipinski definition) is 2. The minimum Gasteiger partial charge on any atom is -0.490 e. The van der Waals surface area contributed by atoms with Crippen molar-refractivity contribution in [3.8, 4) is 5.75 Å². The van der Waals surface area contributed by atoms with E-state index in [2.05, 4.69) is 0 Å². The van der Waals surface area contributed by atoms with Crippen LogP contribution < -0.4 is 4.74 Å². The highest BCUT2D eigenvalue weighted by molar-refractivity contribution is 6.07. The van der Waals surface area contributed by atoms with Gasteiger partial charge in [-0.25, -0.2) is 4.39 Å². The number of allylic oxidation sites excluding steroid dienone is 1. The summed E-state index contributed by atoms with van der Waals surface area (Å²) in [5.41, 5.74) is 2.51. The van der Waals surface area contributed by atoms with E-state index in [0.29, 0.717) is 5.56 Å². The Bertz CT molecular complexity index is 702. The summed E-state index contributed by atoms with van der Waals surface area (Å²) < 4.78 is 18.4. The number of rotatable bonds is 3. The molecule has 1 aliphatic rings. The number of ketones is 1. The molecule has 1 heterocycles. The second kappa shape index (κ2) is 5.52. The third kappa shape index (κ3) is 3.02. The molecule has 0 fully saturated rings. The van der Waals surface area contributed by atoms with Crippen LogP contribution in [0, 0.1) is 5.82 Å². The molecule has 0 aromatic heterocycles. The first-order valence-corrected chi connectivity index (χ1v) is 6.89. The predicted molar refractivity (Wildman–Crippen MR) is 80.0 cm³/mol. The van der Waals surface area contributed by atoms with Gasteiger partial charge in [0.15, 0.2) is 5.78 Å². The standard InChI is InChI=1S/C18H15FO2/c1-12-10-15-11-14(5-9-18(15)21-12)17(20)8-4-13-2-6-16(19)7-3-13/h2-9,11-12H,10H2,1H3/b8-4-/t12-/m0/s1. The van der Waals surface area contributed by atoms with Gasteiger partial charge in [0.05, 0.1) is 0 Å². The summed E-state index contributed by atoms with van der Waals surface area (Å²) in [6.07, 6.45) is 4.19. The molecule has 0 aliphatic carbocycles. The lowest BCUT2D eigenvalue weighted by Gasteiger charge is -2.02. The van der Waals surface area contributed by atoms with Crippen LogP contribution in [-0.4, -0.2) is 11.9 Å². The zero-order chi connectivity index (χ0) is 14.8. The lowest BCUT2D eigenvalue weighted by atomic mass is 10.0. The van der Waals surface area contributed by atoms with Crippen molar-refractivity contribution in [1.29, 1.82) is 0 Å². The van der Waals surface area contributed by atoms with Gasteiger partial charge < -0.3 is 4.74 Å². The maximum atomic E-state index is 12.8. The largest absolute Gasteiger partial charge is 0.490 e. The molecule has 1 aliphatic heterocycles. The van der Waals surface area contributed by atoms with Crippen LogP contribution in [0.4, 0.5) is 4.39 Å². The Morgan fingerprint density at radius 1 is 1.24 bits per heavy atom. The van der Waals surface area contributed by atoms with Crippen LogP contribution in [0.5, 0.6) is 5.75 Å². The molecule has 3 heteroatoms. The minimum absolute atomic E-state index is 0.0679. The number of benzene rings is 2. The van der Waals surface area contributed by atoms with Gasteiger partial charge in [0, 0.05) is 12.0 Å². The molecule has 0 saturated carbocycles. The summed E-state index contributed by atoms with van der Waals surface area (Å²) >= 11 is 0. The van der Waals surface area contributed by atoms with Crippen molar-refractivity contribution >= 4 is 11.9 Å². The molecule has 1 atom stereocenters. The maximum absolute atomic E-state index is 12.8. The number of hydrogen-bond donors (Lipinski definition) is 0. The number of ether oxygens (including phenoxy) is 1. The van der Waals surface area contributed by atoms with E-state index in [4.69, 9.17) is 4.74 Å². The van der Waals surface area contributed by atoms with E-state index in [9.17, 15) is 9.18 Å². The summed E-state index contributed by atoms with van der Waals surface area (Å²) in [7, 11) is 0. The highest BCUT2D eigenvalue weighted by Gasteiger charge is 2.19. The van der Waals surface area contributed by atoms with Crippen LogP contribution in [-0.2, 0) is 6.42 Å². The van der Waals surface area contributed by atoms with E-state index in [1.807, 2.05) is 19.1 Å². The Morgan fingerprint density at radius 2 is 2.00 bits per heavy atom. The molecule has 0 amide bonds. The maximum Gasteiger partial charge on any atom is 0.185 e. The molecule has 3 rings (SSSR count). The van der Waals surface area contributed by atoms with Crippen LogP contribution in [0.1, 0.15) is 28.4 Å². The molecule has 0 unspecified atom stereocenters. The van der Waals surface area contributed by atoms with E-state index < -0.39 is 0 Å². The lowest BCUT2D eigenvalue weighted by Crippen LogP contribution is -2.05. The summed E-state index contributed by atoms with van der Waals surface area (Å²) in [4.78, 5) is 12.2. The van der Waals surface area contributed by atoms with Crippen molar-refractivity contribution in [3.05, 3.63) is 71.0 Å². The normalized spacial score (nSPS) is 16.8. The van der Waals surface area contributed by atoms with Crippen molar-refractivity contribution in [3.63, 3.8) is 0 Å². The third-order valence-electron chi connectivity index (χ3n) is 3.48. The summed E-state index contributed by atoms with van der Waals surface area (Å²) in [6.45, 7) is 2.01. The molecular formula is C18H15FO2. The Kier molecular flexibility index (Phi) is 3.57. The van der Waals surface area contributed by atoms with Crippen molar-refractivity contribution in [2.75, 3.05) is 0 Å². The van der Waals surface area contributed by atoms with Crippen LogP contribution in [0.15, 0.2) is 48.5 Å². The first kappa shape index (κ1) is 13.6. The highest BCUT2D eigenvalue weighted by atomic mass is 19.1. The first-order chi connectivity index (χ1) is 10.1. The van der Waals surface area contributed by atoms with Gasteiger partial charge >= 0.3 is 0 Å². The average Bonchev–Trinajstić information content (AvgIpc) is 2.85. The number of carbonyl (C=O) groups is 1. The van der Waals surface area contributed by atoms with Gasteiger partial charge in [-0.1, -0.05) is 18.2 Å². The molecular weight excluding hydrogens is 267 g/mol. The van der Waals surface area contributed by atoms with E-state index >= 15 is 0 Å². The fourth-order valence-electron chi connectivity index (χ4n) is 2.42. The molecule has 0 bridgehead atoms. The van der Waals surface area contributed by atoms with Gasteiger partial charge in [0.1, 0.15) is 17.7 Å². The van der Waals surface area contributed by atoms with Crippen LogP contribution in [0.3, 0.4) is 0 Å². The van der Waals surface area contributed by atoms with Crippen molar-refractivity contribution < 1.29 is 13.9 Å². The Labute approximate surface area is 122 Å². The van der Waals surface area contributed by atoms with E-state index in [0.717, 1.165) is 23.3 Å². The number of fused-ring (bicyclic) bond motifs is 1. The molecule has 0 spiro atoms. The monoisotopic (exact) mass is 282 g/mol. The zero-order valence-electron chi connectivity index (χ0n) is 11.7. The molecule has 106 valence electrons. The van der Waals surface area contributed by atoms with Crippen LogP contribution >= 0.6 is 0 Å². The van der Waals surface area contributed by atoms with Gasteiger partial charge in [0.2, 0.25) is 0 Å². The zero-order valence-corrected chi connectivity index (χ0v) is 11.7. The van der Waals surface area contributed by atoms with Gasteiger partial charge in [-0.15, -0.1) is 0 Å². The number of halogens is 1. The van der Waals surface area contributed by atoms with Crippen LogP contribution in [0.2, 0.25) is 0 Å². The Balaban J connectivity index is 1.77. The smallest absolute Gasteiger partial charge is 0.185 e. The Morgan fingerprint density at radius 3 is 2.76 bits per heavy atom. The quantitative estimate of drug-likeness (QED) is 0.627. The van der Waals surface area contributed by atoms with Gasteiger partial charge in [-0.2, -0.15) is 0 Å². The van der Waals surface area contributed by atoms with Gasteiger partial charge in [-0.3, -0.25) is 4.79 Å². The van der Waals surface area contributed by atoms with E-state index in [1.165, 1.54) is 18.2 Å². The second-order valence-electron chi connectivity index (χ2n) is 5.20. The molecule has 2 nitrogen and oxygen atoms in total. The first-order valence-electron chi connectivity index (χ1n) is 6.89. The predicted octanol–water partition coefficient (Wildman–Crippen LogP) is 4.05. The topological polar surface area (TPSA) is 26.3 Å². The fourth-order valence-corrected chi connectivity index (χ4v) is 2.42.